The predicted octanol–water partition coefficient (Wildman–Crippen LogP) is 1.19. The topological polar surface area (TPSA) is 78.7 Å². The Balaban J connectivity index is 1.47. The van der Waals surface area contributed by atoms with Crippen molar-refractivity contribution in [2.24, 2.45) is 11.3 Å². The lowest BCUT2D eigenvalue weighted by Crippen LogP contribution is -2.40. The lowest BCUT2D eigenvalue weighted by atomic mass is 9.90. The maximum Gasteiger partial charge on any atom is 0.316 e. The van der Waals surface area contributed by atoms with Crippen molar-refractivity contribution < 1.29 is 14.1 Å². The summed E-state index contributed by atoms with van der Waals surface area (Å²) in [6, 6.07) is 1.56. The molecule has 1 aromatic rings. The first kappa shape index (κ1) is 14.9. The van der Waals surface area contributed by atoms with Crippen LogP contribution in [0.5, 0.6) is 0 Å². The fraction of sp³-hybridized carbons (Fsp3) is 0.667. The highest BCUT2D eigenvalue weighted by Crippen LogP contribution is 2.59. The van der Waals surface area contributed by atoms with E-state index in [4.69, 9.17) is 4.52 Å². The summed E-state index contributed by atoms with van der Waals surface area (Å²) in [7, 11) is 3.48. The molecular weight excluding hydrogens is 284 g/mol. The van der Waals surface area contributed by atoms with Crippen LogP contribution in [0.1, 0.15) is 29.8 Å². The lowest BCUT2D eigenvalue weighted by Gasteiger charge is -2.32. The van der Waals surface area contributed by atoms with Gasteiger partial charge in [-0.1, -0.05) is 5.16 Å². The summed E-state index contributed by atoms with van der Waals surface area (Å²) in [4.78, 5) is 27.1. The first-order valence-corrected chi connectivity index (χ1v) is 7.67. The van der Waals surface area contributed by atoms with Gasteiger partial charge in [0, 0.05) is 39.8 Å². The monoisotopic (exact) mass is 306 g/mol. The smallest absolute Gasteiger partial charge is 0.316 e. The Labute approximate surface area is 129 Å². The van der Waals surface area contributed by atoms with Crippen molar-refractivity contribution >= 4 is 11.9 Å². The molecule has 1 aliphatic carbocycles. The first-order chi connectivity index (χ1) is 10.5. The second kappa shape index (κ2) is 5.62. The van der Waals surface area contributed by atoms with Crippen molar-refractivity contribution in [1.29, 1.82) is 0 Å². The van der Waals surface area contributed by atoms with Crippen molar-refractivity contribution in [2.75, 3.05) is 33.7 Å². The van der Waals surface area contributed by atoms with Crippen LogP contribution >= 0.6 is 0 Å². The largest absolute Gasteiger partial charge is 0.351 e. The molecule has 2 aliphatic rings. The highest BCUT2D eigenvalue weighted by Gasteiger charge is 2.54. The number of hydrogen-bond donors (Lipinski definition) is 1. The standard InChI is InChI=1S/C15H22N4O3/c1-18(2)14(21)16-10-11-9-15(11)4-7-19(8-5-15)13(20)12-3-6-17-22-12/h3,6,11H,4-5,7-10H2,1-2H3,(H,16,21)/t11-/m0/s1. The molecule has 1 N–H and O–H groups in total. The molecule has 22 heavy (non-hydrogen) atoms. The molecule has 120 valence electrons. The molecule has 3 amide bonds. The van der Waals surface area contributed by atoms with E-state index in [1.165, 1.54) is 6.20 Å². The maximum absolute atomic E-state index is 12.2. The first-order valence-electron chi connectivity index (χ1n) is 7.67. The second-order valence-electron chi connectivity index (χ2n) is 6.51. The van der Waals surface area contributed by atoms with E-state index in [1.54, 1.807) is 25.1 Å². The number of urea groups is 1. The Bertz CT molecular complexity index is 547. The molecule has 1 aromatic heterocycles. The number of nitrogens with one attached hydrogen (secondary N) is 1. The van der Waals surface area contributed by atoms with Gasteiger partial charge in [-0.3, -0.25) is 4.79 Å². The number of rotatable bonds is 3. The van der Waals surface area contributed by atoms with E-state index in [2.05, 4.69) is 10.5 Å². The van der Waals surface area contributed by atoms with Crippen LogP contribution in [0.3, 0.4) is 0 Å². The van der Waals surface area contributed by atoms with Gasteiger partial charge in [0.25, 0.3) is 5.91 Å². The quantitative estimate of drug-likeness (QED) is 0.910. The number of amides is 3. The van der Waals surface area contributed by atoms with Crippen molar-refractivity contribution in [3.8, 4) is 0 Å². The molecule has 2 heterocycles. The Morgan fingerprint density at radius 3 is 2.77 bits per heavy atom. The van der Waals surface area contributed by atoms with E-state index in [-0.39, 0.29) is 11.9 Å². The van der Waals surface area contributed by atoms with Gasteiger partial charge in [-0.15, -0.1) is 0 Å². The van der Waals surface area contributed by atoms with Gasteiger partial charge in [-0.2, -0.15) is 0 Å². The molecule has 1 spiro atoms. The molecule has 1 aliphatic heterocycles. The molecule has 1 atom stereocenters. The number of aromatic nitrogens is 1. The average Bonchev–Trinajstić information content (AvgIpc) is 2.93. The van der Waals surface area contributed by atoms with Crippen molar-refractivity contribution in [3.05, 3.63) is 18.0 Å². The summed E-state index contributed by atoms with van der Waals surface area (Å²) in [5, 5.41) is 6.53. The molecular formula is C15H22N4O3. The minimum Gasteiger partial charge on any atom is -0.351 e. The third-order valence-corrected chi connectivity index (χ3v) is 4.96. The van der Waals surface area contributed by atoms with E-state index in [0.29, 0.717) is 17.1 Å². The molecule has 1 saturated heterocycles. The van der Waals surface area contributed by atoms with Crippen molar-refractivity contribution in [2.45, 2.75) is 19.3 Å². The molecule has 2 fully saturated rings. The number of nitrogens with zero attached hydrogens (tertiary/aromatic N) is 3. The third kappa shape index (κ3) is 2.80. The minimum atomic E-state index is -0.0783. The Hall–Kier alpha value is -2.05. The van der Waals surface area contributed by atoms with Crippen LogP contribution in [0.25, 0.3) is 0 Å². The predicted molar refractivity (Wildman–Crippen MR) is 79.3 cm³/mol. The number of likely N-dealkylation sites (tertiary alicyclic amines) is 1. The highest BCUT2D eigenvalue weighted by atomic mass is 16.5. The fourth-order valence-corrected chi connectivity index (χ4v) is 3.34. The normalized spacial score (nSPS) is 22.5. The molecule has 1 saturated carbocycles. The molecule has 0 unspecified atom stereocenters. The molecule has 3 rings (SSSR count). The molecule has 7 nitrogen and oxygen atoms in total. The van der Waals surface area contributed by atoms with Gasteiger partial charge in [-0.05, 0) is 30.6 Å². The summed E-state index contributed by atoms with van der Waals surface area (Å²) in [6.07, 6.45) is 4.62. The summed E-state index contributed by atoms with van der Waals surface area (Å²) in [5.74, 6) is 0.769. The highest BCUT2D eigenvalue weighted by molar-refractivity contribution is 5.91. The van der Waals surface area contributed by atoms with E-state index >= 15 is 0 Å². The number of hydrogen-bond acceptors (Lipinski definition) is 4. The van der Waals surface area contributed by atoms with E-state index < -0.39 is 0 Å². The lowest BCUT2D eigenvalue weighted by molar-refractivity contribution is 0.0627. The zero-order valence-electron chi connectivity index (χ0n) is 13.0. The second-order valence-corrected chi connectivity index (χ2v) is 6.51. The zero-order valence-corrected chi connectivity index (χ0v) is 13.0. The van der Waals surface area contributed by atoms with E-state index in [9.17, 15) is 9.59 Å². The third-order valence-electron chi connectivity index (χ3n) is 4.96. The van der Waals surface area contributed by atoms with Crippen molar-refractivity contribution in [3.63, 3.8) is 0 Å². The molecule has 0 aromatic carbocycles. The summed E-state index contributed by atoms with van der Waals surface area (Å²) in [5.41, 5.74) is 0.317. The summed E-state index contributed by atoms with van der Waals surface area (Å²) >= 11 is 0. The Morgan fingerprint density at radius 1 is 1.45 bits per heavy atom. The minimum absolute atomic E-state index is 0.0417. The number of carbonyl (C=O) groups is 2. The Kier molecular flexibility index (Phi) is 3.80. The van der Waals surface area contributed by atoms with Gasteiger partial charge in [0.15, 0.2) is 0 Å². The SMILES string of the molecule is CN(C)C(=O)NC[C@@H]1CC12CCN(C(=O)c1ccno1)CC2. The van der Waals surface area contributed by atoms with Gasteiger partial charge in [-0.25, -0.2) is 4.79 Å². The van der Waals surface area contributed by atoms with Crippen LogP contribution in [0.15, 0.2) is 16.8 Å². The van der Waals surface area contributed by atoms with Gasteiger partial charge in [0.1, 0.15) is 0 Å². The Morgan fingerprint density at radius 2 is 2.18 bits per heavy atom. The van der Waals surface area contributed by atoms with Crippen LogP contribution < -0.4 is 5.32 Å². The molecule has 0 bridgehead atoms. The number of piperidine rings is 1. The summed E-state index contributed by atoms with van der Waals surface area (Å²) in [6.45, 7) is 2.22. The number of carbonyl (C=O) groups excluding carboxylic acids is 2. The molecule has 7 heteroatoms. The van der Waals surface area contributed by atoms with Gasteiger partial charge >= 0.3 is 6.03 Å². The van der Waals surface area contributed by atoms with Gasteiger partial charge in [0.2, 0.25) is 5.76 Å². The summed E-state index contributed by atoms with van der Waals surface area (Å²) < 4.78 is 4.93. The van der Waals surface area contributed by atoms with Crippen LogP contribution in [0, 0.1) is 11.3 Å². The van der Waals surface area contributed by atoms with E-state index in [0.717, 1.165) is 38.9 Å². The van der Waals surface area contributed by atoms with Gasteiger partial charge in [0.05, 0.1) is 6.20 Å². The van der Waals surface area contributed by atoms with Crippen molar-refractivity contribution in [1.82, 2.24) is 20.3 Å². The van der Waals surface area contributed by atoms with Crippen LogP contribution in [0.4, 0.5) is 4.79 Å². The zero-order chi connectivity index (χ0) is 15.7. The fourth-order valence-electron chi connectivity index (χ4n) is 3.34. The maximum atomic E-state index is 12.2. The molecule has 0 radical (unpaired) electrons. The van der Waals surface area contributed by atoms with Gasteiger partial charge < -0.3 is 19.6 Å². The van der Waals surface area contributed by atoms with Crippen LogP contribution in [0.2, 0.25) is 0 Å². The van der Waals surface area contributed by atoms with E-state index in [1.807, 2.05) is 4.90 Å². The average molecular weight is 306 g/mol. The van der Waals surface area contributed by atoms with Crippen LogP contribution in [-0.2, 0) is 0 Å². The van der Waals surface area contributed by atoms with Crippen LogP contribution in [-0.4, -0.2) is 60.6 Å².